The minimum Gasteiger partial charge on any atom is -0.481 e. The Morgan fingerprint density at radius 2 is 1.96 bits per heavy atom. The van der Waals surface area contributed by atoms with Crippen LogP contribution in [0.2, 0.25) is 0 Å². The van der Waals surface area contributed by atoms with Crippen LogP contribution < -0.4 is 0 Å². The zero-order valence-electron chi connectivity index (χ0n) is 13.1. The number of carboxylic acids is 1. The van der Waals surface area contributed by atoms with Crippen LogP contribution in [0.3, 0.4) is 0 Å². The number of aliphatic carboxylic acids is 1. The quantitative estimate of drug-likeness (QED) is 0.895. The molecule has 2 aromatic heterocycles. The number of imidazole rings is 1. The number of fused-ring (bicyclic) bond motifs is 1. The summed E-state index contributed by atoms with van der Waals surface area (Å²) in [6, 6.07) is 5.68. The van der Waals surface area contributed by atoms with Gasteiger partial charge in [0.1, 0.15) is 5.65 Å². The van der Waals surface area contributed by atoms with Gasteiger partial charge in [-0.05, 0) is 12.1 Å². The number of amides is 1. The van der Waals surface area contributed by atoms with Crippen LogP contribution >= 0.6 is 0 Å². The van der Waals surface area contributed by atoms with Gasteiger partial charge >= 0.3 is 5.97 Å². The summed E-state index contributed by atoms with van der Waals surface area (Å²) >= 11 is 0. The predicted octanol–water partition coefficient (Wildman–Crippen LogP) is 0.625. The highest BCUT2D eigenvalue weighted by Crippen LogP contribution is 2.17. The van der Waals surface area contributed by atoms with Gasteiger partial charge in [-0.2, -0.15) is 0 Å². The van der Waals surface area contributed by atoms with Gasteiger partial charge in [0.15, 0.2) is 0 Å². The van der Waals surface area contributed by atoms with Gasteiger partial charge in [0.05, 0.1) is 17.8 Å². The predicted molar refractivity (Wildman–Crippen MR) is 84.1 cm³/mol. The first kappa shape index (κ1) is 15.5. The Hall–Kier alpha value is -2.41. The lowest BCUT2D eigenvalue weighted by molar-refractivity contribution is -0.136. The average molecular weight is 316 g/mol. The SMILES string of the molecule is CC(=O)N1CCN(Cc2c(CC(=O)O)nc3ccccn23)CC1. The van der Waals surface area contributed by atoms with E-state index in [0.717, 1.165) is 24.4 Å². The molecule has 0 aromatic carbocycles. The van der Waals surface area contributed by atoms with Gasteiger partial charge in [-0.25, -0.2) is 4.98 Å². The maximum Gasteiger partial charge on any atom is 0.309 e. The van der Waals surface area contributed by atoms with E-state index in [1.165, 1.54) is 0 Å². The number of pyridine rings is 1. The molecule has 7 nitrogen and oxygen atoms in total. The standard InChI is InChI=1S/C16H20N4O3/c1-12(21)19-8-6-18(7-9-19)11-14-13(10-16(22)23)17-15-4-2-3-5-20(14)15/h2-5H,6-11H2,1H3,(H,22,23). The highest BCUT2D eigenvalue weighted by Gasteiger charge is 2.22. The molecule has 1 aliphatic heterocycles. The highest BCUT2D eigenvalue weighted by atomic mass is 16.4. The van der Waals surface area contributed by atoms with Crippen molar-refractivity contribution in [2.24, 2.45) is 0 Å². The number of piperazine rings is 1. The van der Waals surface area contributed by atoms with Crippen LogP contribution in [0.25, 0.3) is 5.65 Å². The molecular weight excluding hydrogens is 296 g/mol. The molecule has 3 rings (SSSR count). The third kappa shape index (κ3) is 3.34. The lowest BCUT2D eigenvalue weighted by Crippen LogP contribution is -2.47. The van der Waals surface area contributed by atoms with Crippen molar-refractivity contribution in [3.8, 4) is 0 Å². The summed E-state index contributed by atoms with van der Waals surface area (Å²) in [5, 5.41) is 9.11. The zero-order valence-corrected chi connectivity index (χ0v) is 13.1. The van der Waals surface area contributed by atoms with E-state index in [1.807, 2.05) is 33.7 Å². The van der Waals surface area contributed by atoms with E-state index in [4.69, 9.17) is 5.11 Å². The van der Waals surface area contributed by atoms with Crippen LogP contribution in [-0.2, 0) is 22.6 Å². The Labute approximate surface area is 134 Å². The van der Waals surface area contributed by atoms with E-state index in [0.29, 0.717) is 25.3 Å². The molecule has 0 atom stereocenters. The van der Waals surface area contributed by atoms with Crippen molar-refractivity contribution < 1.29 is 14.7 Å². The fourth-order valence-electron chi connectivity index (χ4n) is 2.98. The third-order valence-corrected chi connectivity index (χ3v) is 4.22. The molecule has 0 radical (unpaired) electrons. The number of rotatable bonds is 4. The fourth-order valence-corrected chi connectivity index (χ4v) is 2.98. The van der Waals surface area contributed by atoms with E-state index in [9.17, 15) is 9.59 Å². The first-order valence-electron chi connectivity index (χ1n) is 7.69. The largest absolute Gasteiger partial charge is 0.481 e. The minimum absolute atomic E-state index is 0.0789. The van der Waals surface area contributed by atoms with E-state index >= 15 is 0 Å². The second kappa shape index (κ2) is 6.37. The highest BCUT2D eigenvalue weighted by molar-refractivity contribution is 5.73. The van der Waals surface area contributed by atoms with Crippen LogP contribution in [-0.4, -0.2) is 62.3 Å². The van der Waals surface area contributed by atoms with Crippen molar-refractivity contribution >= 4 is 17.5 Å². The second-order valence-corrected chi connectivity index (χ2v) is 5.79. The van der Waals surface area contributed by atoms with Crippen molar-refractivity contribution in [2.45, 2.75) is 19.9 Å². The molecule has 122 valence electrons. The van der Waals surface area contributed by atoms with Crippen molar-refractivity contribution in [3.05, 3.63) is 35.8 Å². The van der Waals surface area contributed by atoms with Crippen molar-refractivity contribution in [3.63, 3.8) is 0 Å². The summed E-state index contributed by atoms with van der Waals surface area (Å²) in [5.74, 6) is -0.776. The third-order valence-electron chi connectivity index (χ3n) is 4.22. The lowest BCUT2D eigenvalue weighted by atomic mass is 10.2. The lowest BCUT2D eigenvalue weighted by Gasteiger charge is -2.34. The van der Waals surface area contributed by atoms with E-state index < -0.39 is 5.97 Å². The first-order valence-corrected chi connectivity index (χ1v) is 7.69. The zero-order chi connectivity index (χ0) is 16.4. The molecule has 0 saturated carbocycles. The number of aromatic nitrogens is 2. The fraction of sp³-hybridized carbons (Fsp3) is 0.438. The summed E-state index contributed by atoms with van der Waals surface area (Å²) in [5.41, 5.74) is 2.29. The number of carbonyl (C=O) groups is 2. The van der Waals surface area contributed by atoms with Crippen LogP contribution in [0.1, 0.15) is 18.3 Å². The average Bonchev–Trinajstić information content (AvgIpc) is 2.85. The van der Waals surface area contributed by atoms with Gasteiger partial charge in [-0.3, -0.25) is 14.5 Å². The van der Waals surface area contributed by atoms with Gasteiger partial charge in [-0.15, -0.1) is 0 Å². The van der Waals surface area contributed by atoms with Gasteiger partial charge in [0.25, 0.3) is 0 Å². The number of hydrogen-bond donors (Lipinski definition) is 1. The van der Waals surface area contributed by atoms with E-state index in [-0.39, 0.29) is 12.3 Å². The molecule has 1 saturated heterocycles. The molecule has 0 unspecified atom stereocenters. The number of carbonyl (C=O) groups excluding carboxylic acids is 1. The van der Waals surface area contributed by atoms with Crippen molar-refractivity contribution in [1.29, 1.82) is 0 Å². The molecule has 1 aliphatic rings. The molecule has 2 aromatic rings. The molecule has 0 aliphatic carbocycles. The Balaban J connectivity index is 1.81. The molecule has 1 N–H and O–H groups in total. The van der Waals surface area contributed by atoms with Crippen molar-refractivity contribution in [2.75, 3.05) is 26.2 Å². The van der Waals surface area contributed by atoms with Gasteiger partial charge in [-0.1, -0.05) is 6.07 Å². The number of nitrogens with zero attached hydrogens (tertiary/aromatic N) is 4. The Kier molecular flexibility index (Phi) is 4.29. The number of carboxylic acid groups (broad SMARTS) is 1. The van der Waals surface area contributed by atoms with Gasteiger partial charge in [0.2, 0.25) is 5.91 Å². The van der Waals surface area contributed by atoms with Crippen LogP contribution in [0.4, 0.5) is 0 Å². The maximum absolute atomic E-state index is 11.4. The molecule has 0 bridgehead atoms. The normalized spacial score (nSPS) is 16.0. The summed E-state index contributed by atoms with van der Waals surface area (Å²) in [4.78, 5) is 31.0. The molecule has 23 heavy (non-hydrogen) atoms. The summed E-state index contributed by atoms with van der Waals surface area (Å²) in [6.07, 6.45) is 1.83. The Morgan fingerprint density at radius 1 is 1.22 bits per heavy atom. The second-order valence-electron chi connectivity index (χ2n) is 5.79. The van der Waals surface area contributed by atoms with Gasteiger partial charge in [0, 0.05) is 45.8 Å². The smallest absolute Gasteiger partial charge is 0.309 e. The Bertz CT molecular complexity index is 732. The van der Waals surface area contributed by atoms with Crippen LogP contribution in [0.5, 0.6) is 0 Å². The Morgan fingerprint density at radius 3 is 2.61 bits per heavy atom. The maximum atomic E-state index is 11.4. The first-order chi connectivity index (χ1) is 11.0. The molecule has 1 amide bonds. The van der Waals surface area contributed by atoms with Crippen molar-refractivity contribution in [1.82, 2.24) is 19.2 Å². The molecule has 0 spiro atoms. The molecule has 3 heterocycles. The summed E-state index contributed by atoms with van der Waals surface area (Å²) < 4.78 is 1.95. The number of hydrogen-bond acceptors (Lipinski definition) is 4. The molecule has 7 heteroatoms. The summed E-state index contributed by atoms with van der Waals surface area (Å²) in [7, 11) is 0. The van der Waals surface area contributed by atoms with Gasteiger partial charge < -0.3 is 14.4 Å². The van der Waals surface area contributed by atoms with Crippen LogP contribution in [0, 0.1) is 0 Å². The monoisotopic (exact) mass is 316 g/mol. The molecular formula is C16H20N4O3. The minimum atomic E-state index is -0.879. The topological polar surface area (TPSA) is 78.2 Å². The van der Waals surface area contributed by atoms with Crippen LogP contribution in [0.15, 0.2) is 24.4 Å². The summed E-state index contributed by atoms with van der Waals surface area (Å²) in [6.45, 7) is 5.21. The van der Waals surface area contributed by atoms with E-state index in [2.05, 4.69) is 9.88 Å². The molecule has 1 fully saturated rings. The van der Waals surface area contributed by atoms with E-state index in [1.54, 1.807) is 6.92 Å².